The van der Waals surface area contributed by atoms with Crippen molar-refractivity contribution in [3.05, 3.63) is 72.3 Å². The molecule has 0 heterocycles. The number of hydrogen-bond donors (Lipinski definition) is 3. The van der Waals surface area contributed by atoms with E-state index >= 15 is 0 Å². The van der Waals surface area contributed by atoms with Gasteiger partial charge in [0, 0.05) is 17.1 Å². The molecule has 0 spiro atoms. The number of aryl methyl sites for hydroxylation is 1. The van der Waals surface area contributed by atoms with Gasteiger partial charge in [-0.1, -0.05) is 49.4 Å². The fourth-order valence-electron chi connectivity index (χ4n) is 2.95. The first-order valence-corrected chi connectivity index (χ1v) is 9.96. The third-order valence-electron chi connectivity index (χ3n) is 4.62. The second-order valence-electron chi connectivity index (χ2n) is 7.08. The Morgan fingerprint density at radius 1 is 0.806 bits per heavy atom. The number of nitrogens with zero attached hydrogens (tertiary/aromatic N) is 1. The second-order valence-corrected chi connectivity index (χ2v) is 7.08. The molecule has 0 saturated heterocycles. The summed E-state index contributed by atoms with van der Waals surface area (Å²) in [6.07, 6.45) is 0.865. The van der Waals surface area contributed by atoms with Gasteiger partial charge >= 0.3 is 11.8 Å². The number of hydrazone groups is 1. The summed E-state index contributed by atoms with van der Waals surface area (Å²) in [6, 6.07) is 20.7. The molecule has 7 heteroatoms. The number of benzene rings is 3. The number of rotatable bonds is 6. The lowest BCUT2D eigenvalue weighted by Gasteiger charge is -2.07. The summed E-state index contributed by atoms with van der Waals surface area (Å²) < 4.78 is 0. The molecule has 3 amide bonds. The van der Waals surface area contributed by atoms with Crippen LogP contribution in [0.4, 0.5) is 11.4 Å². The highest BCUT2D eigenvalue weighted by atomic mass is 16.2. The van der Waals surface area contributed by atoms with Crippen molar-refractivity contribution < 1.29 is 14.4 Å². The van der Waals surface area contributed by atoms with E-state index in [1.54, 1.807) is 19.1 Å². The van der Waals surface area contributed by atoms with Crippen LogP contribution in [0.1, 0.15) is 25.8 Å². The predicted octanol–water partition coefficient (Wildman–Crippen LogP) is 3.86. The summed E-state index contributed by atoms with van der Waals surface area (Å²) in [5, 5.41) is 11.3. The largest absolute Gasteiger partial charge is 0.329 e. The van der Waals surface area contributed by atoms with Crippen molar-refractivity contribution in [3.8, 4) is 0 Å². The molecule has 0 fully saturated rings. The normalized spacial score (nSPS) is 11.1. The SMILES string of the molecule is CCc1ccc(NC(=O)C(=O)N/N=C(/C)CC(=O)Nc2ccc3ccccc3c2)cc1. The lowest BCUT2D eigenvalue weighted by Crippen LogP contribution is -2.33. The Kier molecular flexibility index (Phi) is 7.11. The zero-order chi connectivity index (χ0) is 22.2. The molecule has 3 rings (SSSR count). The van der Waals surface area contributed by atoms with E-state index in [1.807, 2.05) is 61.5 Å². The standard InChI is InChI=1S/C24H24N4O3/c1-3-17-8-11-20(12-9-17)26-23(30)24(31)28-27-16(2)14-22(29)25-21-13-10-18-6-4-5-7-19(18)15-21/h4-13,15H,3,14H2,1-2H3,(H,25,29)(H,26,30)(H,28,31)/b27-16-. The topological polar surface area (TPSA) is 99.7 Å². The van der Waals surface area contributed by atoms with Crippen LogP contribution in [-0.4, -0.2) is 23.4 Å². The number of nitrogens with one attached hydrogen (secondary N) is 3. The van der Waals surface area contributed by atoms with Crippen molar-refractivity contribution in [3.63, 3.8) is 0 Å². The molecule has 0 unspecified atom stereocenters. The van der Waals surface area contributed by atoms with Crippen molar-refractivity contribution in [1.82, 2.24) is 5.43 Å². The van der Waals surface area contributed by atoms with Crippen LogP contribution in [0.25, 0.3) is 10.8 Å². The summed E-state index contributed by atoms with van der Waals surface area (Å²) >= 11 is 0. The fourth-order valence-corrected chi connectivity index (χ4v) is 2.95. The quantitative estimate of drug-likeness (QED) is 0.323. The summed E-state index contributed by atoms with van der Waals surface area (Å²) in [5.41, 5.74) is 4.87. The maximum atomic E-state index is 12.2. The van der Waals surface area contributed by atoms with E-state index in [2.05, 4.69) is 21.2 Å². The third kappa shape index (κ3) is 6.24. The smallest absolute Gasteiger partial charge is 0.326 e. The van der Waals surface area contributed by atoms with Gasteiger partial charge in [0.1, 0.15) is 0 Å². The highest BCUT2D eigenvalue weighted by Gasteiger charge is 2.13. The van der Waals surface area contributed by atoms with Crippen molar-refractivity contribution in [1.29, 1.82) is 0 Å². The monoisotopic (exact) mass is 416 g/mol. The van der Waals surface area contributed by atoms with E-state index in [1.165, 1.54) is 0 Å². The van der Waals surface area contributed by atoms with Gasteiger partial charge in [-0.3, -0.25) is 14.4 Å². The van der Waals surface area contributed by atoms with Crippen molar-refractivity contribution in [2.24, 2.45) is 5.10 Å². The van der Waals surface area contributed by atoms with Crippen LogP contribution in [-0.2, 0) is 20.8 Å². The summed E-state index contributed by atoms with van der Waals surface area (Å²) in [4.78, 5) is 36.2. The molecular formula is C24H24N4O3. The number of carbonyl (C=O) groups is 3. The van der Waals surface area contributed by atoms with Gasteiger partial charge in [0.25, 0.3) is 0 Å². The molecule has 3 aromatic rings. The molecule has 0 atom stereocenters. The lowest BCUT2D eigenvalue weighted by molar-refractivity contribution is -0.136. The molecule has 158 valence electrons. The maximum Gasteiger partial charge on any atom is 0.329 e. The number of anilines is 2. The van der Waals surface area contributed by atoms with E-state index in [0.29, 0.717) is 17.1 Å². The van der Waals surface area contributed by atoms with E-state index in [-0.39, 0.29) is 12.3 Å². The van der Waals surface area contributed by atoms with Gasteiger partial charge in [0.2, 0.25) is 5.91 Å². The van der Waals surface area contributed by atoms with Gasteiger partial charge in [-0.05, 0) is 53.9 Å². The minimum Gasteiger partial charge on any atom is -0.326 e. The summed E-state index contributed by atoms with van der Waals surface area (Å²) in [5.74, 6) is -2.01. The first-order chi connectivity index (χ1) is 14.9. The van der Waals surface area contributed by atoms with Crippen LogP contribution in [0, 0.1) is 0 Å². The van der Waals surface area contributed by atoms with Gasteiger partial charge in [-0.15, -0.1) is 0 Å². The van der Waals surface area contributed by atoms with E-state index in [0.717, 1.165) is 22.8 Å². The van der Waals surface area contributed by atoms with Crippen LogP contribution < -0.4 is 16.1 Å². The molecule has 3 N–H and O–H groups in total. The minimum atomic E-state index is -0.908. The Balaban J connectivity index is 1.49. The highest BCUT2D eigenvalue weighted by molar-refractivity contribution is 6.39. The molecule has 0 bridgehead atoms. The first kappa shape index (κ1) is 21.7. The Morgan fingerprint density at radius 3 is 2.19 bits per heavy atom. The Hall–Kier alpha value is -4.00. The molecule has 0 radical (unpaired) electrons. The molecular weight excluding hydrogens is 392 g/mol. The molecule has 0 saturated carbocycles. The average molecular weight is 416 g/mol. The van der Waals surface area contributed by atoms with E-state index < -0.39 is 11.8 Å². The zero-order valence-corrected chi connectivity index (χ0v) is 17.4. The number of amides is 3. The molecule has 7 nitrogen and oxygen atoms in total. The number of fused-ring (bicyclic) bond motifs is 1. The molecule has 0 aliphatic carbocycles. The number of carbonyl (C=O) groups excluding carboxylic acids is 3. The Bertz CT molecular complexity index is 1140. The van der Waals surface area contributed by atoms with Crippen LogP contribution in [0.3, 0.4) is 0 Å². The lowest BCUT2D eigenvalue weighted by atomic mass is 10.1. The first-order valence-electron chi connectivity index (χ1n) is 9.96. The molecule has 0 aromatic heterocycles. The van der Waals surface area contributed by atoms with Crippen LogP contribution in [0.2, 0.25) is 0 Å². The fraction of sp³-hybridized carbons (Fsp3) is 0.167. The average Bonchev–Trinajstić information content (AvgIpc) is 2.77. The van der Waals surface area contributed by atoms with Crippen molar-refractivity contribution in [2.45, 2.75) is 26.7 Å². The number of hydrogen-bond acceptors (Lipinski definition) is 4. The molecule has 0 aliphatic rings. The van der Waals surface area contributed by atoms with Gasteiger partial charge in [0.15, 0.2) is 0 Å². The van der Waals surface area contributed by atoms with Gasteiger partial charge in [0.05, 0.1) is 6.42 Å². The van der Waals surface area contributed by atoms with E-state index in [9.17, 15) is 14.4 Å². The molecule has 31 heavy (non-hydrogen) atoms. The maximum absolute atomic E-state index is 12.2. The van der Waals surface area contributed by atoms with E-state index in [4.69, 9.17) is 0 Å². The zero-order valence-electron chi connectivity index (χ0n) is 17.4. The third-order valence-corrected chi connectivity index (χ3v) is 4.62. The highest BCUT2D eigenvalue weighted by Crippen LogP contribution is 2.19. The van der Waals surface area contributed by atoms with Crippen molar-refractivity contribution in [2.75, 3.05) is 10.6 Å². The van der Waals surface area contributed by atoms with Crippen molar-refractivity contribution >= 4 is 45.6 Å². The summed E-state index contributed by atoms with van der Waals surface area (Å²) in [7, 11) is 0. The van der Waals surface area contributed by atoms with Crippen LogP contribution in [0.5, 0.6) is 0 Å². The second kappa shape index (κ2) is 10.2. The predicted molar refractivity (Wildman–Crippen MR) is 123 cm³/mol. The van der Waals surface area contributed by atoms with Gasteiger partial charge in [-0.25, -0.2) is 5.43 Å². The molecule has 0 aliphatic heterocycles. The van der Waals surface area contributed by atoms with Gasteiger partial charge in [-0.2, -0.15) is 5.10 Å². The van der Waals surface area contributed by atoms with Crippen LogP contribution >= 0.6 is 0 Å². The molecule has 3 aromatic carbocycles. The summed E-state index contributed by atoms with van der Waals surface area (Å²) in [6.45, 7) is 3.63. The van der Waals surface area contributed by atoms with Crippen LogP contribution in [0.15, 0.2) is 71.8 Å². The Labute approximate surface area is 180 Å². The Morgan fingerprint density at radius 2 is 1.48 bits per heavy atom. The van der Waals surface area contributed by atoms with Gasteiger partial charge < -0.3 is 10.6 Å². The minimum absolute atomic E-state index is 0.0206.